The summed E-state index contributed by atoms with van der Waals surface area (Å²) in [5.41, 5.74) is 13.3. The van der Waals surface area contributed by atoms with E-state index in [2.05, 4.69) is 22.1 Å². The van der Waals surface area contributed by atoms with Gasteiger partial charge in [-0.3, -0.25) is 0 Å². The van der Waals surface area contributed by atoms with Crippen molar-refractivity contribution in [1.82, 2.24) is 4.98 Å². The Morgan fingerprint density at radius 3 is 2.75 bits per heavy atom. The summed E-state index contributed by atoms with van der Waals surface area (Å²) < 4.78 is 0. The molecule has 2 aromatic rings. The van der Waals surface area contributed by atoms with Crippen LogP contribution in [0.5, 0.6) is 0 Å². The van der Waals surface area contributed by atoms with Crippen molar-refractivity contribution < 1.29 is 0 Å². The number of hydrogen-bond acceptors (Lipinski definition) is 3. The summed E-state index contributed by atoms with van der Waals surface area (Å²) >= 11 is 7.52. The van der Waals surface area contributed by atoms with Gasteiger partial charge in [0.15, 0.2) is 5.96 Å². The first kappa shape index (κ1) is 13.4. The summed E-state index contributed by atoms with van der Waals surface area (Å²) in [5, 5.41) is 1.44. The van der Waals surface area contributed by atoms with Gasteiger partial charge in [-0.25, -0.2) is 4.98 Å². The fraction of sp³-hybridized carbons (Fsp3) is 0.286. The molecule has 0 radical (unpaired) electrons. The SMILES string of the molecule is NC(N)=Nc1nc2c(s1)CC(c1ccc(Cl)cc1)CC2. The topological polar surface area (TPSA) is 77.3 Å². The number of aromatic nitrogens is 1. The second-order valence-electron chi connectivity index (χ2n) is 4.89. The van der Waals surface area contributed by atoms with Gasteiger partial charge < -0.3 is 11.5 Å². The van der Waals surface area contributed by atoms with Crippen LogP contribution >= 0.6 is 22.9 Å². The number of guanidine groups is 1. The lowest BCUT2D eigenvalue weighted by atomic mass is 9.85. The molecule has 1 unspecified atom stereocenters. The molecule has 20 heavy (non-hydrogen) atoms. The van der Waals surface area contributed by atoms with Gasteiger partial charge in [0.25, 0.3) is 0 Å². The molecule has 0 bridgehead atoms. The average molecular weight is 307 g/mol. The van der Waals surface area contributed by atoms with Crippen LogP contribution < -0.4 is 11.5 Å². The molecule has 4 nitrogen and oxygen atoms in total. The smallest absolute Gasteiger partial charge is 0.212 e. The minimum Gasteiger partial charge on any atom is -0.370 e. The molecule has 0 fully saturated rings. The molecule has 1 aliphatic rings. The first-order valence-corrected chi connectivity index (χ1v) is 7.65. The molecule has 0 aliphatic heterocycles. The highest BCUT2D eigenvalue weighted by molar-refractivity contribution is 7.15. The Labute approximate surface area is 126 Å². The van der Waals surface area contributed by atoms with E-state index in [0.717, 1.165) is 30.0 Å². The molecule has 104 valence electrons. The summed E-state index contributed by atoms with van der Waals surface area (Å²) in [5.74, 6) is 0.581. The quantitative estimate of drug-likeness (QED) is 0.661. The van der Waals surface area contributed by atoms with Gasteiger partial charge in [-0.05, 0) is 42.9 Å². The lowest BCUT2D eigenvalue weighted by Gasteiger charge is -2.21. The minimum atomic E-state index is 0.0605. The molecule has 1 aromatic heterocycles. The molecule has 1 atom stereocenters. The van der Waals surface area contributed by atoms with E-state index < -0.39 is 0 Å². The molecule has 1 aromatic carbocycles. The van der Waals surface area contributed by atoms with E-state index in [1.807, 2.05) is 12.1 Å². The van der Waals surface area contributed by atoms with Crippen molar-refractivity contribution in [1.29, 1.82) is 0 Å². The van der Waals surface area contributed by atoms with E-state index in [-0.39, 0.29) is 5.96 Å². The molecule has 0 saturated heterocycles. The third-order valence-corrected chi connectivity index (χ3v) is 4.76. The molecular formula is C14H15ClN4S. The lowest BCUT2D eigenvalue weighted by Crippen LogP contribution is -2.21. The van der Waals surface area contributed by atoms with Crippen molar-refractivity contribution in [2.45, 2.75) is 25.2 Å². The van der Waals surface area contributed by atoms with Crippen molar-refractivity contribution in [3.8, 4) is 0 Å². The van der Waals surface area contributed by atoms with Gasteiger partial charge in [0.05, 0.1) is 5.69 Å². The standard InChI is InChI=1S/C14H15ClN4S/c15-10-4-1-8(2-5-10)9-3-6-11-12(7-9)20-14(18-11)19-13(16)17/h1-2,4-5,9H,3,6-7H2,(H4,16,17,18,19). The van der Waals surface area contributed by atoms with Crippen LogP contribution in [0, 0.1) is 0 Å². The number of nitrogens with two attached hydrogens (primary N) is 2. The third-order valence-electron chi connectivity index (χ3n) is 3.49. The van der Waals surface area contributed by atoms with Crippen molar-refractivity contribution in [3.63, 3.8) is 0 Å². The van der Waals surface area contributed by atoms with Gasteiger partial charge in [-0.15, -0.1) is 0 Å². The number of nitrogens with zero attached hydrogens (tertiary/aromatic N) is 2. The highest BCUT2D eigenvalue weighted by atomic mass is 35.5. The Bertz CT molecular complexity index is 644. The fourth-order valence-electron chi connectivity index (χ4n) is 2.54. The maximum absolute atomic E-state index is 5.94. The van der Waals surface area contributed by atoms with Gasteiger partial charge in [-0.1, -0.05) is 35.1 Å². The van der Waals surface area contributed by atoms with E-state index in [0.29, 0.717) is 11.0 Å². The highest BCUT2D eigenvalue weighted by Gasteiger charge is 2.23. The Kier molecular flexibility index (Phi) is 3.63. The molecular weight excluding hydrogens is 292 g/mol. The molecule has 1 heterocycles. The van der Waals surface area contributed by atoms with Gasteiger partial charge in [0.2, 0.25) is 5.13 Å². The third kappa shape index (κ3) is 2.78. The molecule has 4 N–H and O–H groups in total. The number of aliphatic imine (C=N–C) groups is 1. The van der Waals surface area contributed by atoms with Gasteiger partial charge in [0, 0.05) is 9.90 Å². The van der Waals surface area contributed by atoms with Crippen molar-refractivity contribution in [2.24, 2.45) is 16.5 Å². The van der Waals surface area contributed by atoms with Crippen LogP contribution in [0.4, 0.5) is 5.13 Å². The number of fused-ring (bicyclic) bond motifs is 1. The number of rotatable bonds is 2. The molecule has 0 spiro atoms. The van der Waals surface area contributed by atoms with Gasteiger partial charge >= 0.3 is 0 Å². The Morgan fingerprint density at radius 2 is 2.05 bits per heavy atom. The number of benzene rings is 1. The molecule has 3 rings (SSSR count). The zero-order valence-electron chi connectivity index (χ0n) is 10.8. The zero-order valence-corrected chi connectivity index (χ0v) is 12.4. The highest BCUT2D eigenvalue weighted by Crippen LogP contribution is 2.37. The first-order chi connectivity index (χ1) is 9.61. The van der Waals surface area contributed by atoms with E-state index >= 15 is 0 Å². The lowest BCUT2D eigenvalue weighted by molar-refractivity contribution is 0.584. The largest absolute Gasteiger partial charge is 0.370 e. The number of aryl methyl sites for hydroxylation is 1. The second-order valence-corrected chi connectivity index (χ2v) is 6.39. The van der Waals surface area contributed by atoms with Gasteiger partial charge in [0.1, 0.15) is 0 Å². The van der Waals surface area contributed by atoms with E-state index in [4.69, 9.17) is 23.1 Å². The predicted octanol–water partition coefficient (Wildman–Crippen LogP) is 2.97. The molecule has 0 amide bonds. The molecule has 6 heteroatoms. The predicted molar refractivity (Wildman–Crippen MR) is 83.8 cm³/mol. The summed E-state index contributed by atoms with van der Waals surface area (Å²) in [6.45, 7) is 0. The van der Waals surface area contributed by atoms with Crippen LogP contribution in [0.25, 0.3) is 0 Å². The summed E-state index contributed by atoms with van der Waals surface area (Å²) in [7, 11) is 0. The zero-order chi connectivity index (χ0) is 14.1. The van der Waals surface area contributed by atoms with Crippen LogP contribution in [0.2, 0.25) is 5.02 Å². The first-order valence-electron chi connectivity index (χ1n) is 6.45. The molecule has 1 aliphatic carbocycles. The van der Waals surface area contributed by atoms with Crippen molar-refractivity contribution in [2.75, 3.05) is 0 Å². The number of halogens is 1. The van der Waals surface area contributed by atoms with Crippen molar-refractivity contribution >= 4 is 34.0 Å². The Hall–Kier alpha value is -1.59. The Balaban J connectivity index is 1.83. The normalized spacial score (nSPS) is 17.6. The van der Waals surface area contributed by atoms with E-state index in [1.54, 1.807) is 11.3 Å². The van der Waals surface area contributed by atoms with E-state index in [1.165, 1.54) is 10.4 Å². The van der Waals surface area contributed by atoms with E-state index in [9.17, 15) is 0 Å². The maximum Gasteiger partial charge on any atom is 0.212 e. The minimum absolute atomic E-state index is 0.0605. The Morgan fingerprint density at radius 1 is 1.30 bits per heavy atom. The fourth-order valence-corrected chi connectivity index (χ4v) is 3.74. The van der Waals surface area contributed by atoms with Crippen molar-refractivity contribution in [3.05, 3.63) is 45.4 Å². The van der Waals surface area contributed by atoms with Crippen LogP contribution in [-0.4, -0.2) is 10.9 Å². The summed E-state index contributed by atoms with van der Waals surface area (Å²) in [6, 6.07) is 8.11. The maximum atomic E-state index is 5.94. The summed E-state index contributed by atoms with van der Waals surface area (Å²) in [6.07, 6.45) is 3.06. The molecule has 0 saturated carbocycles. The van der Waals surface area contributed by atoms with Crippen LogP contribution in [0.3, 0.4) is 0 Å². The van der Waals surface area contributed by atoms with Crippen LogP contribution in [-0.2, 0) is 12.8 Å². The number of thiazole rings is 1. The van der Waals surface area contributed by atoms with Crippen LogP contribution in [0.15, 0.2) is 29.3 Å². The number of hydrogen-bond donors (Lipinski definition) is 2. The van der Waals surface area contributed by atoms with Gasteiger partial charge in [-0.2, -0.15) is 4.99 Å². The monoisotopic (exact) mass is 306 g/mol. The average Bonchev–Trinajstić information content (AvgIpc) is 2.79. The van der Waals surface area contributed by atoms with Crippen LogP contribution in [0.1, 0.15) is 28.5 Å². The second kappa shape index (κ2) is 5.42. The summed E-state index contributed by atoms with van der Waals surface area (Å²) in [4.78, 5) is 9.81.